The molecule has 2 unspecified atom stereocenters. The summed E-state index contributed by atoms with van der Waals surface area (Å²) < 4.78 is 5.54. The topological polar surface area (TPSA) is 68.7 Å². The van der Waals surface area contributed by atoms with Crippen molar-refractivity contribution in [2.24, 2.45) is 4.99 Å². The average molecular weight is 431 g/mol. The van der Waals surface area contributed by atoms with Gasteiger partial charge in [0.1, 0.15) is 5.75 Å². The molecule has 3 heterocycles. The number of anilines is 1. The fraction of sp³-hybridized carbons (Fsp3) is 0.292. The van der Waals surface area contributed by atoms with Crippen LogP contribution in [0.15, 0.2) is 65.4 Å². The lowest BCUT2D eigenvalue weighted by molar-refractivity contribution is -0.137. The lowest BCUT2D eigenvalue weighted by Gasteiger charge is -2.40. The van der Waals surface area contributed by atoms with E-state index in [0.717, 1.165) is 22.5 Å². The van der Waals surface area contributed by atoms with E-state index in [1.54, 1.807) is 19.1 Å². The number of hydrogen-bond donors (Lipinski definition) is 0. The Kier molecular flexibility index (Phi) is 4.65. The minimum absolute atomic E-state index is 0.230. The number of allylic oxidation sites excluding steroid dienone is 1. The maximum absolute atomic E-state index is 13.5. The molecule has 8 nitrogen and oxygen atoms in total. The van der Waals surface area contributed by atoms with Gasteiger partial charge in [-0.05, 0) is 31.5 Å². The van der Waals surface area contributed by atoms with Crippen LogP contribution in [0.2, 0.25) is 0 Å². The van der Waals surface area contributed by atoms with E-state index in [1.165, 1.54) is 4.90 Å². The molecule has 3 amide bonds. The summed E-state index contributed by atoms with van der Waals surface area (Å²) in [6.07, 6.45) is 1.34. The molecule has 2 aromatic carbocycles. The van der Waals surface area contributed by atoms with Crippen LogP contribution in [0.3, 0.4) is 0 Å². The van der Waals surface area contributed by atoms with Gasteiger partial charge < -0.3 is 14.5 Å². The first kappa shape index (κ1) is 20.1. The zero-order chi connectivity index (χ0) is 22.6. The molecule has 164 valence electrons. The number of ether oxygens (including phenoxy) is 1. The number of carbonyl (C=O) groups excluding carboxylic acids is 2. The van der Waals surface area contributed by atoms with Crippen molar-refractivity contribution in [1.29, 1.82) is 0 Å². The Labute approximate surface area is 187 Å². The number of amides is 3. The van der Waals surface area contributed by atoms with Gasteiger partial charge in [0, 0.05) is 18.9 Å². The van der Waals surface area contributed by atoms with Crippen molar-refractivity contribution in [3.63, 3.8) is 0 Å². The number of urea groups is 1. The second kappa shape index (κ2) is 7.40. The predicted octanol–water partition coefficient (Wildman–Crippen LogP) is 3.15. The van der Waals surface area contributed by atoms with Crippen molar-refractivity contribution in [2.45, 2.75) is 32.6 Å². The highest BCUT2D eigenvalue weighted by Gasteiger charge is 2.54. The number of para-hydroxylation sites is 2. The molecule has 0 radical (unpaired) electrons. The number of methoxy groups -OCH3 is 1. The summed E-state index contributed by atoms with van der Waals surface area (Å²) in [5.41, 5.74) is 3.79. The number of rotatable bonds is 4. The Morgan fingerprint density at radius 2 is 1.75 bits per heavy atom. The molecule has 0 aliphatic carbocycles. The first-order chi connectivity index (χ1) is 15.4. The smallest absolute Gasteiger partial charge is 0.328 e. The van der Waals surface area contributed by atoms with Crippen molar-refractivity contribution >= 4 is 23.6 Å². The monoisotopic (exact) mass is 431 g/mol. The van der Waals surface area contributed by atoms with Crippen LogP contribution in [0.25, 0.3) is 0 Å². The van der Waals surface area contributed by atoms with Gasteiger partial charge >= 0.3 is 6.03 Å². The molecule has 1 saturated heterocycles. The van der Waals surface area contributed by atoms with Gasteiger partial charge in [-0.25, -0.2) is 9.79 Å². The molecular formula is C24H25N5O3. The SMILES string of the molecule is COc1ccccc1N1C(C)=CN2C1=NC1C2C(=O)N(Cc2ccc(C)cc2)C(=O)N1C. The van der Waals surface area contributed by atoms with Crippen LogP contribution in [0.1, 0.15) is 18.1 Å². The minimum Gasteiger partial charge on any atom is -0.495 e. The standard InChI is InChI=1S/C24H25N5O3/c1-15-9-11-17(12-10-15)14-28-22(30)20-21(26(3)24(28)31)25-23-27(20)13-16(2)29(23)18-7-5-6-8-19(18)32-4/h5-13,20-21H,14H2,1-4H3. The zero-order valence-electron chi connectivity index (χ0n) is 18.5. The van der Waals surface area contributed by atoms with E-state index in [2.05, 4.69) is 0 Å². The van der Waals surface area contributed by atoms with Gasteiger partial charge in [-0.2, -0.15) is 0 Å². The third-order valence-corrected chi connectivity index (χ3v) is 6.18. The molecule has 3 aliphatic rings. The number of guanidine groups is 1. The molecule has 32 heavy (non-hydrogen) atoms. The fourth-order valence-electron chi connectivity index (χ4n) is 4.49. The second-order valence-corrected chi connectivity index (χ2v) is 8.28. The molecule has 0 spiro atoms. The van der Waals surface area contributed by atoms with Gasteiger partial charge in [-0.1, -0.05) is 42.0 Å². The number of imide groups is 1. The Bertz CT molecular complexity index is 1160. The summed E-state index contributed by atoms with van der Waals surface area (Å²) in [4.78, 5) is 38.1. The second-order valence-electron chi connectivity index (χ2n) is 8.28. The molecule has 5 rings (SSSR count). The number of aryl methyl sites for hydroxylation is 1. The van der Waals surface area contributed by atoms with E-state index in [-0.39, 0.29) is 18.5 Å². The Balaban J connectivity index is 1.48. The Hall–Kier alpha value is -3.81. The highest BCUT2D eigenvalue weighted by atomic mass is 16.5. The van der Waals surface area contributed by atoms with Gasteiger partial charge in [0.05, 0.1) is 19.3 Å². The molecule has 3 aliphatic heterocycles. The normalized spacial score (nSPS) is 22.1. The average Bonchev–Trinajstić information content (AvgIpc) is 3.31. The Morgan fingerprint density at radius 1 is 1.03 bits per heavy atom. The van der Waals surface area contributed by atoms with Crippen molar-refractivity contribution in [2.75, 3.05) is 19.1 Å². The van der Waals surface area contributed by atoms with Crippen LogP contribution in [0, 0.1) is 6.92 Å². The number of nitrogens with zero attached hydrogens (tertiary/aromatic N) is 5. The van der Waals surface area contributed by atoms with Crippen molar-refractivity contribution in [1.82, 2.24) is 14.7 Å². The maximum Gasteiger partial charge on any atom is 0.328 e. The first-order valence-electron chi connectivity index (χ1n) is 10.5. The van der Waals surface area contributed by atoms with Crippen LogP contribution in [-0.4, -0.2) is 59.0 Å². The minimum atomic E-state index is -0.604. The summed E-state index contributed by atoms with van der Waals surface area (Å²) in [5.74, 6) is 1.08. The summed E-state index contributed by atoms with van der Waals surface area (Å²) in [7, 11) is 3.33. The third-order valence-electron chi connectivity index (χ3n) is 6.18. The number of benzene rings is 2. The molecular weight excluding hydrogens is 406 g/mol. The fourth-order valence-corrected chi connectivity index (χ4v) is 4.49. The maximum atomic E-state index is 13.5. The van der Waals surface area contributed by atoms with E-state index in [1.807, 2.05) is 78.4 Å². The van der Waals surface area contributed by atoms with Crippen molar-refractivity contribution in [3.05, 3.63) is 71.6 Å². The molecule has 0 bridgehead atoms. The summed E-state index contributed by atoms with van der Waals surface area (Å²) in [6.45, 7) is 4.20. The third kappa shape index (κ3) is 2.94. The number of aliphatic imine (C=N–C) groups is 1. The van der Waals surface area contributed by atoms with Crippen LogP contribution in [-0.2, 0) is 11.3 Å². The van der Waals surface area contributed by atoms with Gasteiger partial charge in [0.15, 0.2) is 12.2 Å². The molecule has 1 fully saturated rings. The number of likely N-dealkylation sites (N-methyl/N-ethyl adjacent to an activating group) is 1. The number of hydrogen-bond acceptors (Lipinski definition) is 6. The highest BCUT2D eigenvalue weighted by molar-refractivity contribution is 6.10. The van der Waals surface area contributed by atoms with Gasteiger partial charge in [-0.15, -0.1) is 0 Å². The van der Waals surface area contributed by atoms with E-state index in [9.17, 15) is 9.59 Å². The van der Waals surface area contributed by atoms with E-state index in [0.29, 0.717) is 11.7 Å². The molecule has 8 heteroatoms. The van der Waals surface area contributed by atoms with Crippen LogP contribution < -0.4 is 9.64 Å². The molecule has 0 aromatic heterocycles. The zero-order valence-corrected chi connectivity index (χ0v) is 18.5. The van der Waals surface area contributed by atoms with Gasteiger partial charge in [0.25, 0.3) is 5.91 Å². The van der Waals surface area contributed by atoms with E-state index >= 15 is 0 Å². The van der Waals surface area contributed by atoms with Crippen LogP contribution >= 0.6 is 0 Å². The first-order valence-corrected chi connectivity index (χ1v) is 10.5. The Morgan fingerprint density at radius 3 is 2.47 bits per heavy atom. The van der Waals surface area contributed by atoms with E-state index < -0.39 is 12.2 Å². The summed E-state index contributed by atoms with van der Waals surface area (Å²) >= 11 is 0. The number of carbonyl (C=O) groups is 2. The molecule has 0 N–H and O–H groups in total. The van der Waals surface area contributed by atoms with E-state index in [4.69, 9.17) is 9.73 Å². The highest BCUT2D eigenvalue weighted by Crippen LogP contribution is 2.39. The molecule has 0 saturated carbocycles. The van der Waals surface area contributed by atoms with Crippen molar-refractivity contribution < 1.29 is 14.3 Å². The van der Waals surface area contributed by atoms with Crippen LogP contribution in [0.5, 0.6) is 5.75 Å². The lowest BCUT2D eigenvalue weighted by Crippen LogP contribution is -2.63. The van der Waals surface area contributed by atoms with Gasteiger partial charge in [0.2, 0.25) is 5.96 Å². The number of fused-ring (bicyclic) bond motifs is 3. The molecule has 2 aromatic rings. The van der Waals surface area contributed by atoms with Crippen LogP contribution in [0.4, 0.5) is 10.5 Å². The lowest BCUT2D eigenvalue weighted by atomic mass is 10.1. The molecule has 2 atom stereocenters. The largest absolute Gasteiger partial charge is 0.495 e. The summed E-state index contributed by atoms with van der Waals surface area (Å²) in [6, 6.07) is 14.6. The summed E-state index contributed by atoms with van der Waals surface area (Å²) in [5, 5.41) is 0. The van der Waals surface area contributed by atoms with Gasteiger partial charge in [-0.3, -0.25) is 14.6 Å². The van der Waals surface area contributed by atoms with Crippen molar-refractivity contribution in [3.8, 4) is 5.75 Å². The predicted molar refractivity (Wildman–Crippen MR) is 121 cm³/mol. The quantitative estimate of drug-likeness (QED) is 0.744.